The molecule has 0 bridgehead atoms. The van der Waals surface area contributed by atoms with Crippen LogP contribution in [0.2, 0.25) is 0 Å². The van der Waals surface area contributed by atoms with Crippen LogP contribution in [-0.2, 0) is 0 Å². The van der Waals surface area contributed by atoms with E-state index in [2.05, 4.69) is 34.9 Å². The normalized spacial score (nSPS) is 18.8. The van der Waals surface area contributed by atoms with Gasteiger partial charge in [-0.05, 0) is 32.5 Å². The zero-order valence-corrected chi connectivity index (χ0v) is 12.6. The maximum absolute atomic E-state index is 9.41. The Bertz CT molecular complexity index is 689. The van der Waals surface area contributed by atoms with Gasteiger partial charge in [0.1, 0.15) is 6.07 Å². The highest BCUT2D eigenvalue weighted by Crippen LogP contribution is 2.29. The van der Waals surface area contributed by atoms with Crippen molar-refractivity contribution in [1.82, 2.24) is 9.88 Å². The summed E-state index contributed by atoms with van der Waals surface area (Å²) in [7, 11) is 4.26. The number of fused-ring (bicyclic) bond motifs is 1. The van der Waals surface area contributed by atoms with E-state index in [-0.39, 0.29) is 0 Å². The highest BCUT2D eigenvalue weighted by atomic mass is 15.2. The summed E-state index contributed by atoms with van der Waals surface area (Å²) in [5.41, 5.74) is 2.60. The molecule has 0 amide bonds. The Morgan fingerprint density at radius 1 is 1.43 bits per heavy atom. The van der Waals surface area contributed by atoms with Crippen LogP contribution >= 0.6 is 0 Å². The quantitative estimate of drug-likeness (QED) is 0.867. The molecular formula is C17H20N4. The van der Waals surface area contributed by atoms with E-state index in [0.29, 0.717) is 11.6 Å². The number of nitrogens with zero attached hydrogens (tertiary/aromatic N) is 4. The van der Waals surface area contributed by atoms with Crippen LogP contribution in [0.5, 0.6) is 0 Å². The van der Waals surface area contributed by atoms with Crippen LogP contribution in [0.3, 0.4) is 0 Å². The van der Waals surface area contributed by atoms with E-state index in [1.165, 1.54) is 19.4 Å². The van der Waals surface area contributed by atoms with Crippen LogP contribution in [0.15, 0.2) is 30.5 Å². The molecule has 1 aliphatic rings. The summed E-state index contributed by atoms with van der Waals surface area (Å²) in [6.45, 7) is 2.11. The van der Waals surface area contributed by atoms with Crippen LogP contribution in [0, 0.1) is 11.3 Å². The van der Waals surface area contributed by atoms with Crippen LogP contribution in [0.1, 0.15) is 18.4 Å². The van der Waals surface area contributed by atoms with Crippen molar-refractivity contribution in [2.24, 2.45) is 0 Å². The Morgan fingerprint density at radius 3 is 2.95 bits per heavy atom. The third-order valence-electron chi connectivity index (χ3n) is 4.41. The molecular weight excluding hydrogens is 260 g/mol. The molecule has 3 rings (SSSR count). The Labute approximate surface area is 125 Å². The summed E-state index contributed by atoms with van der Waals surface area (Å²) in [5, 5.41) is 10.5. The summed E-state index contributed by atoms with van der Waals surface area (Å²) in [6.07, 6.45) is 4.18. The van der Waals surface area contributed by atoms with E-state index in [1.807, 2.05) is 24.3 Å². The molecule has 1 saturated heterocycles. The molecule has 1 atom stereocenters. The number of likely N-dealkylation sites (tertiary alicyclic amines) is 1. The second-order valence-corrected chi connectivity index (χ2v) is 5.81. The molecule has 1 fully saturated rings. The smallest absolute Gasteiger partial charge is 0.103 e. The molecule has 0 radical (unpaired) electrons. The summed E-state index contributed by atoms with van der Waals surface area (Å²) >= 11 is 0. The van der Waals surface area contributed by atoms with Gasteiger partial charge in [0.25, 0.3) is 0 Å². The van der Waals surface area contributed by atoms with Gasteiger partial charge in [0.15, 0.2) is 0 Å². The van der Waals surface area contributed by atoms with Gasteiger partial charge in [-0.15, -0.1) is 0 Å². The van der Waals surface area contributed by atoms with Crippen molar-refractivity contribution in [3.8, 4) is 6.07 Å². The molecule has 2 heterocycles. The number of benzene rings is 1. The lowest BCUT2D eigenvalue weighted by atomic mass is 10.1. The molecule has 1 aromatic carbocycles. The largest absolute Gasteiger partial charge is 0.371 e. The highest BCUT2D eigenvalue weighted by molar-refractivity contribution is 5.94. The van der Waals surface area contributed by atoms with Gasteiger partial charge in [-0.3, -0.25) is 4.98 Å². The SMILES string of the molecule is CN(CC1CCCN1C)c1c(C#N)cnc2ccccc12. The zero-order chi connectivity index (χ0) is 14.8. The molecule has 1 aromatic heterocycles. The van der Waals surface area contributed by atoms with Crippen LogP contribution < -0.4 is 4.90 Å². The first-order valence-electron chi connectivity index (χ1n) is 7.40. The van der Waals surface area contributed by atoms with Crippen molar-refractivity contribution >= 4 is 16.6 Å². The molecule has 1 aliphatic heterocycles. The van der Waals surface area contributed by atoms with Gasteiger partial charge in [-0.25, -0.2) is 0 Å². The predicted molar refractivity (Wildman–Crippen MR) is 85.4 cm³/mol. The van der Waals surface area contributed by atoms with E-state index >= 15 is 0 Å². The van der Waals surface area contributed by atoms with Crippen molar-refractivity contribution in [2.75, 3.05) is 32.1 Å². The second kappa shape index (κ2) is 5.71. The average molecular weight is 280 g/mol. The number of nitriles is 1. The van der Waals surface area contributed by atoms with E-state index < -0.39 is 0 Å². The molecule has 0 aliphatic carbocycles. The lowest BCUT2D eigenvalue weighted by Crippen LogP contribution is -2.37. The number of hydrogen-bond acceptors (Lipinski definition) is 4. The monoisotopic (exact) mass is 280 g/mol. The minimum atomic E-state index is 0.563. The molecule has 21 heavy (non-hydrogen) atoms. The number of likely N-dealkylation sites (N-methyl/N-ethyl adjacent to an activating group) is 2. The van der Waals surface area contributed by atoms with Crippen molar-refractivity contribution in [3.05, 3.63) is 36.0 Å². The zero-order valence-electron chi connectivity index (χ0n) is 12.6. The van der Waals surface area contributed by atoms with E-state index in [9.17, 15) is 5.26 Å². The van der Waals surface area contributed by atoms with Gasteiger partial charge in [-0.1, -0.05) is 18.2 Å². The number of para-hydroxylation sites is 1. The Kier molecular flexibility index (Phi) is 3.76. The van der Waals surface area contributed by atoms with E-state index in [4.69, 9.17) is 0 Å². The molecule has 2 aromatic rings. The van der Waals surface area contributed by atoms with Gasteiger partial charge in [0.05, 0.1) is 16.8 Å². The topological polar surface area (TPSA) is 43.2 Å². The first kappa shape index (κ1) is 13.8. The van der Waals surface area contributed by atoms with Gasteiger partial charge >= 0.3 is 0 Å². The summed E-state index contributed by atoms with van der Waals surface area (Å²) in [4.78, 5) is 9.01. The minimum Gasteiger partial charge on any atom is -0.371 e. The fraction of sp³-hybridized carbons (Fsp3) is 0.412. The first-order chi connectivity index (χ1) is 10.2. The molecule has 0 spiro atoms. The second-order valence-electron chi connectivity index (χ2n) is 5.81. The number of anilines is 1. The number of hydrogen-bond donors (Lipinski definition) is 0. The van der Waals surface area contributed by atoms with Crippen LogP contribution in [0.4, 0.5) is 5.69 Å². The minimum absolute atomic E-state index is 0.563. The number of pyridine rings is 1. The van der Waals surface area contributed by atoms with Gasteiger partial charge < -0.3 is 9.80 Å². The lowest BCUT2D eigenvalue weighted by molar-refractivity contribution is 0.314. The highest BCUT2D eigenvalue weighted by Gasteiger charge is 2.23. The van der Waals surface area contributed by atoms with Crippen molar-refractivity contribution in [3.63, 3.8) is 0 Å². The summed E-state index contributed by atoms with van der Waals surface area (Å²) in [6, 6.07) is 10.9. The van der Waals surface area contributed by atoms with Gasteiger partial charge in [0, 0.05) is 31.2 Å². The first-order valence-corrected chi connectivity index (χ1v) is 7.40. The summed E-state index contributed by atoms with van der Waals surface area (Å²) in [5.74, 6) is 0. The van der Waals surface area contributed by atoms with Gasteiger partial charge in [-0.2, -0.15) is 5.26 Å². The van der Waals surface area contributed by atoms with Gasteiger partial charge in [0.2, 0.25) is 0 Å². The molecule has 1 unspecified atom stereocenters. The maximum atomic E-state index is 9.41. The Morgan fingerprint density at radius 2 is 2.24 bits per heavy atom. The fourth-order valence-electron chi connectivity index (χ4n) is 3.24. The third kappa shape index (κ3) is 2.57. The molecule has 4 heteroatoms. The number of rotatable bonds is 3. The Balaban J connectivity index is 1.99. The van der Waals surface area contributed by atoms with Crippen molar-refractivity contribution < 1.29 is 0 Å². The molecule has 108 valence electrons. The molecule has 4 nitrogen and oxygen atoms in total. The molecule has 0 N–H and O–H groups in total. The van der Waals surface area contributed by atoms with E-state index in [0.717, 1.165) is 23.1 Å². The summed E-state index contributed by atoms with van der Waals surface area (Å²) < 4.78 is 0. The van der Waals surface area contributed by atoms with Crippen molar-refractivity contribution in [2.45, 2.75) is 18.9 Å². The van der Waals surface area contributed by atoms with Crippen LogP contribution in [0.25, 0.3) is 10.9 Å². The number of aromatic nitrogens is 1. The Hall–Kier alpha value is -2.12. The third-order valence-corrected chi connectivity index (χ3v) is 4.41. The van der Waals surface area contributed by atoms with Crippen molar-refractivity contribution in [1.29, 1.82) is 5.26 Å². The standard InChI is InChI=1S/C17H20N4/c1-20-9-5-6-14(20)12-21(2)17-13(10-18)11-19-16-8-4-3-7-15(16)17/h3-4,7-8,11,14H,5-6,9,12H2,1-2H3. The van der Waals surface area contributed by atoms with Crippen LogP contribution in [-0.4, -0.2) is 43.1 Å². The predicted octanol–water partition coefficient (Wildman–Crippen LogP) is 2.64. The lowest BCUT2D eigenvalue weighted by Gasteiger charge is -2.28. The maximum Gasteiger partial charge on any atom is 0.103 e. The fourth-order valence-corrected chi connectivity index (χ4v) is 3.24. The van der Waals surface area contributed by atoms with E-state index in [1.54, 1.807) is 6.20 Å². The molecule has 0 saturated carbocycles. The average Bonchev–Trinajstić information content (AvgIpc) is 2.91.